The lowest BCUT2D eigenvalue weighted by Gasteiger charge is -2.12. The van der Waals surface area contributed by atoms with Gasteiger partial charge in [-0.2, -0.15) is 4.98 Å². The average molecular weight is 280 g/mol. The molecule has 0 aliphatic carbocycles. The van der Waals surface area contributed by atoms with Gasteiger partial charge in [0, 0.05) is 12.6 Å². The summed E-state index contributed by atoms with van der Waals surface area (Å²) < 4.78 is 31.8. The van der Waals surface area contributed by atoms with Crippen LogP contribution in [0.1, 0.15) is 6.92 Å². The van der Waals surface area contributed by atoms with Crippen molar-refractivity contribution in [2.75, 3.05) is 24.3 Å². The lowest BCUT2D eigenvalue weighted by atomic mass is 10.3. The van der Waals surface area contributed by atoms with Crippen LogP contribution in [0.15, 0.2) is 24.4 Å². The quantitative estimate of drug-likeness (QED) is 0.881. The highest BCUT2D eigenvalue weighted by Gasteiger charge is 2.10. The molecular weight excluding hydrogens is 266 g/mol. The number of nitrogens with zero attached hydrogens (tertiary/aromatic N) is 2. The predicted octanol–water partition coefficient (Wildman–Crippen LogP) is 2.94. The Morgan fingerprint density at radius 1 is 1.30 bits per heavy atom. The van der Waals surface area contributed by atoms with Gasteiger partial charge in [0.25, 0.3) is 0 Å². The number of anilines is 3. The Bertz CT molecular complexity index is 607. The summed E-state index contributed by atoms with van der Waals surface area (Å²) in [5.41, 5.74) is 0.411. The van der Waals surface area contributed by atoms with Crippen molar-refractivity contribution in [2.45, 2.75) is 6.92 Å². The maximum atomic E-state index is 13.7. The van der Waals surface area contributed by atoms with Crippen LogP contribution in [0.3, 0.4) is 0 Å². The van der Waals surface area contributed by atoms with Crippen molar-refractivity contribution < 1.29 is 13.5 Å². The van der Waals surface area contributed by atoms with Crippen molar-refractivity contribution in [2.24, 2.45) is 0 Å². The summed E-state index contributed by atoms with van der Waals surface area (Å²) in [6.07, 6.45) is 1.06. The molecule has 0 fully saturated rings. The van der Waals surface area contributed by atoms with E-state index in [1.54, 1.807) is 0 Å². The van der Waals surface area contributed by atoms with E-state index in [0.717, 1.165) is 6.20 Å². The van der Waals surface area contributed by atoms with E-state index in [2.05, 4.69) is 20.6 Å². The summed E-state index contributed by atoms with van der Waals surface area (Å²) in [5.74, 6) is -0.506. The molecule has 0 bridgehead atoms. The van der Waals surface area contributed by atoms with E-state index in [1.165, 1.54) is 25.3 Å². The molecule has 0 aliphatic heterocycles. The maximum absolute atomic E-state index is 13.7. The van der Waals surface area contributed by atoms with Gasteiger partial charge in [-0.05, 0) is 19.1 Å². The van der Waals surface area contributed by atoms with Gasteiger partial charge in [-0.25, -0.2) is 13.8 Å². The molecule has 106 valence electrons. The summed E-state index contributed by atoms with van der Waals surface area (Å²) in [6.45, 7) is 2.49. The molecule has 2 aromatic rings. The highest BCUT2D eigenvalue weighted by Crippen LogP contribution is 2.28. The van der Waals surface area contributed by atoms with E-state index < -0.39 is 11.6 Å². The van der Waals surface area contributed by atoms with E-state index in [4.69, 9.17) is 4.74 Å². The summed E-state index contributed by atoms with van der Waals surface area (Å²) in [5, 5.41) is 5.64. The Morgan fingerprint density at radius 2 is 2.10 bits per heavy atom. The first-order valence-corrected chi connectivity index (χ1v) is 6.01. The van der Waals surface area contributed by atoms with Crippen LogP contribution < -0.4 is 15.4 Å². The third-order valence-corrected chi connectivity index (χ3v) is 2.50. The number of ether oxygens (including phenoxy) is 1. The van der Waals surface area contributed by atoms with Crippen molar-refractivity contribution in [3.63, 3.8) is 0 Å². The topological polar surface area (TPSA) is 59.1 Å². The third-order valence-electron chi connectivity index (χ3n) is 2.50. The van der Waals surface area contributed by atoms with Gasteiger partial charge >= 0.3 is 0 Å². The maximum Gasteiger partial charge on any atom is 0.224 e. The average Bonchev–Trinajstić information content (AvgIpc) is 2.44. The normalized spacial score (nSPS) is 10.2. The monoisotopic (exact) mass is 280 g/mol. The SMILES string of the molecule is CCNc1ncc(F)c(Nc2ccc(F)cc2OC)n1. The lowest BCUT2D eigenvalue weighted by Crippen LogP contribution is -2.06. The number of nitrogens with one attached hydrogen (secondary N) is 2. The van der Waals surface area contributed by atoms with Crippen LogP contribution in [-0.4, -0.2) is 23.6 Å². The van der Waals surface area contributed by atoms with E-state index >= 15 is 0 Å². The van der Waals surface area contributed by atoms with Crippen LogP contribution >= 0.6 is 0 Å². The second-order valence-corrected chi connectivity index (χ2v) is 3.89. The molecular formula is C13H14F2N4O. The van der Waals surface area contributed by atoms with E-state index in [0.29, 0.717) is 18.2 Å². The number of rotatable bonds is 5. The largest absolute Gasteiger partial charge is 0.494 e. The summed E-state index contributed by atoms with van der Waals surface area (Å²) in [4.78, 5) is 7.80. The van der Waals surface area contributed by atoms with Crippen molar-refractivity contribution in [3.8, 4) is 5.75 Å². The van der Waals surface area contributed by atoms with Gasteiger partial charge in [0.15, 0.2) is 11.6 Å². The number of halogens is 2. The first-order valence-electron chi connectivity index (χ1n) is 6.01. The van der Waals surface area contributed by atoms with Gasteiger partial charge in [-0.1, -0.05) is 0 Å². The molecule has 0 unspecified atom stereocenters. The summed E-state index contributed by atoms with van der Waals surface area (Å²) in [7, 11) is 1.40. The minimum Gasteiger partial charge on any atom is -0.494 e. The summed E-state index contributed by atoms with van der Waals surface area (Å²) >= 11 is 0. The van der Waals surface area contributed by atoms with Crippen molar-refractivity contribution in [3.05, 3.63) is 36.0 Å². The lowest BCUT2D eigenvalue weighted by molar-refractivity contribution is 0.413. The second kappa shape index (κ2) is 6.14. The van der Waals surface area contributed by atoms with Crippen molar-refractivity contribution in [1.29, 1.82) is 0 Å². The first kappa shape index (κ1) is 14.0. The molecule has 0 saturated carbocycles. The van der Waals surface area contributed by atoms with Crippen LogP contribution in [0.25, 0.3) is 0 Å². The van der Waals surface area contributed by atoms with Gasteiger partial charge in [0.1, 0.15) is 11.6 Å². The molecule has 0 radical (unpaired) electrons. The van der Waals surface area contributed by atoms with E-state index in [9.17, 15) is 8.78 Å². The molecule has 0 spiro atoms. The molecule has 7 heteroatoms. The van der Waals surface area contributed by atoms with Crippen LogP contribution in [0.4, 0.5) is 26.2 Å². The van der Waals surface area contributed by atoms with Gasteiger partial charge in [-0.15, -0.1) is 0 Å². The minimum atomic E-state index is -0.613. The smallest absolute Gasteiger partial charge is 0.224 e. The number of aromatic nitrogens is 2. The third kappa shape index (κ3) is 3.11. The van der Waals surface area contributed by atoms with E-state index in [-0.39, 0.29) is 11.6 Å². The highest BCUT2D eigenvalue weighted by atomic mass is 19.1. The highest BCUT2D eigenvalue weighted by molar-refractivity contribution is 5.64. The van der Waals surface area contributed by atoms with E-state index in [1.807, 2.05) is 6.92 Å². The molecule has 0 saturated heterocycles. The molecule has 1 aromatic carbocycles. The second-order valence-electron chi connectivity index (χ2n) is 3.89. The summed E-state index contributed by atoms with van der Waals surface area (Å²) in [6, 6.07) is 3.89. The Balaban J connectivity index is 2.31. The molecule has 0 atom stereocenters. The number of benzene rings is 1. The number of hydrogen-bond donors (Lipinski definition) is 2. The fourth-order valence-electron chi connectivity index (χ4n) is 1.59. The Hall–Kier alpha value is -2.44. The molecule has 2 N–H and O–H groups in total. The molecule has 0 aliphatic rings. The van der Waals surface area contributed by atoms with Crippen LogP contribution in [-0.2, 0) is 0 Å². The predicted molar refractivity (Wildman–Crippen MR) is 72.4 cm³/mol. The van der Waals surface area contributed by atoms with Crippen molar-refractivity contribution in [1.82, 2.24) is 9.97 Å². The Morgan fingerprint density at radius 3 is 2.80 bits per heavy atom. The fraction of sp³-hybridized carbons (Fsp3) is 0.231. The van der Waals surface area contributed by atoms with Crippen LogP contribution in [0, 0.1) is 11.6 Å². The van der Waals surface area contributed by atoms with Gasteiger partial charge in [-0.3, -0.25) is 0 Å². The zero-order valence-electron chi connectivity index (χ0n) is 11.1. The van der Waals surface area contributed by atoms with Crippen molar-refractivity contribution >= 4 is 17.5 Å². The molecule has 20 heavy (non-hydrogen) atoms. The van der Waals surface area contributed by atoms with Crippen LogP contribution in [0.2, 0.25) is 0 Å². The zero-order chi connectivity index (χ0) is 14.5. The molecule has 2 rings (SSSR count). The number of hydrogen-bond acceptors (Lipinski definition) is 5. The van der Waals surface area contributed by atoms with Gasteiger partial charge in [0.05, 0.1) is 19.0 Å². The molecule has 0 amide bonds. The standard InChI is InChI=1S/C13H14F2N4O/c1-3-16-13-17-7-9(15)12(19-13)18-10-5-4-8(14)6-11(10)20-2/h4-7H,3H2,1-2H3,(H2,16,17,18,19). The first-order chi connectivity index (χ1) is 9.63. The van der Waals surface area contributed by atoms with Gasteiger partial charge in [0.2, 0.25) is 5.95 Å². The van der Waals surface area contributed by atoms with Crippen LogP contribution in [0.5, 0.6) is 5.75 Å². The minimum absolute atomic E-state index is 0.0131. The fourth-order valence-corrected chi connectivity index (χ4v) is 1.59. The molecule has 1 aromatic heterocycles. The Labute approximate surface area is 115 Å². The Kier molecular flexibility index (Phi) is 4.29. The van der Waals surface area contributed by atoms with Gasteiger partial charge < -0.3 is 15.4 Å². The zero-order valence-corrected chi connectivity index (χ0v) is 11.1. The number of methoxy groups -OCH3 is 1. The molecule has 5 nitrogen and oxygen atoms in total. The molecule has 1 heterocycles.